The number of anilines is 1. The molecule has 24 heavy (non-hydrogen) atoms. The van der Waals surface area contributed by atoms with Gasteiger partial charge in [0.05, 0.1) is 4.92 Å². The number of hydrogen-bond donors (Lipinski definition) is 1. The van der Waals surface area contributed by atoms with Crippen LogP contribution in [0.4, 0.5) is 11.4 Å². The number of aromatic nitrogens is 2. The molecule has 2 aromatic carbocycles. The van der Waals surface area contributed by atoms with Gasteiger partial charge in [-0.15, -0.1) is 10.2 Å². The van der Waals surface area contributed by atoms with Crippen molar-refractivity contribution in [1.82, 2.24) is 10.2 Å². The number of carbonyl (C=O) groups excluding carboxylic acids is 1. The Morgan fingerprint density at radius 2 is 2.08 bits per heavy atom. The lowest BCUT2D eigenvalue weighted by Crippen LogP contribution is -2.12. The first kappa shape index (κ1) is 15.3. The number of nitrogens with one attached hydrogen (secondary N) is 1. The van der Waals surface area contributed by atoms with Crippen molar-refractivity contribution in [2.24, 2.45) is 0 Å². The quantitative estimate of drug-likeness (QED) is 0.582. The fraction of sp³-hybridized carbons (Fsp3) is 0.0625. The highest BCUT2D eigenvalue weighted by Gasteiger charge is 2.14. The minimum atomic E-state index is -0.481. The van der Waals surface area contributed by atoms with Gasteiger partial charge in [0, 0.05) is 28.4 Å². The van der Waals surface area contributed by atoms with Crippen LogP contribution in [0.2, 0.25) is 0 Å². The van der Waals surface area contributed by atoms with Crippen molar-refractivity contribution >= 4 is 17.3 Å². The van der Waals surface area contributed by atoms with Crippen LogP contribution in [0.25, 0.3) is 11.5 Å². The summed E-state index contributed by atoms with van der Waals surface area (Å²) in [6, 6.07) is 11.2. The van der Waals surface area contributed by atoms with Crippen molar-refractivity contribution in [2.45, 2.75) is 6.92 Å². The average Bonchev–Trinajstić information content (AvgIpc) is 3.09. The molecule has 0 bridgehead atoms. The number of amides is 1. The van der Waals surface area contributed by atoms with E-state index < -0.39 is 4.92 Å². The summed E-state index contributed by atoms with van der Waals surface area (Å²) >= 11 is 0. The Morgan fingerprint density at radius 1 is 1.25 bits per heavy atom. The molecule has 0 radical (unpaired) electrons. The van der Waals surface area contributed by atoms with Crippen LogP contribution in [0, 0.1) is 17.0 Å². The van der Waals surface area contributed by atoms with E-state index in [1.807, 2.05) is 0 Å². The number of rotatable bonds is 4. The monoisotopic (exact) mass is 324 g/mol. The minimum Gasteiger partial charge on any atom is -0.423 e. The second-order valence-corrected chi connectivity index (χ2v) is 5.04. The van der Waals surface area contributed by atoms with Gasteiger partial charge >= 0.3 is 0 Å². The highest BCUT2D eigenvalue weighted by Crippen LogP contribution is 2.22. The number of nitro benzene ring substituents is 1. The van der Waals surface area contributed by atoms with Crippen molar-refractivity contribution < 1.29 is 14.1 Å². The fourth-order valence-corrected chi connectivity index (χ4v) is 2.23. The summed E-state index contributed by atoms with van der Waals surface area (Å²) in [6.45, 7) is 1.59. The molecule has 1 amide bonds. The van der Waals surface area contributed by atoms with Gasteiger partial charge < -0.3 is 9.73 Å². The number of nitro groups is 1. The van der Waals surface area contributed by atoms with E-state index in [1.165, 1.54) is 24.6 Å². The van der Waals surface area contributed by atoms with Gasteiger partial charge in [0.25, 0.3) is 11.6 Å². The molecule has 8 heteroatoms. The largest absolute Gasteiger partial charge is 0.423 e. The first-order valence-electron chi connectivity index (χ1n) is 6.97. The molecule has 1 aromatic heterocycles. The summed E-state index contributed by atoms with van der Waals surface area (Å²) in [5.74, 6) is -0.0204. The average molecular weight is 324 g/mol. The maximum absolute atomic E-state index is 12.3. The van der Waals surface area contributed by atoms with E-state index >= 15 is 0 Å². The zero-order chi connectivity index (χ0) is 17.1. The van der Waals surface area contributed by atoms with E-state index in [2.05, 4.69) is 15.5 Å². The van der Waals surface area contributed by atoms with Crippen molar-refractivity contribution in [3.63, 3.8) is 0 Å². The Hall–Kier alpha value is -3.55. The Morgan fingerprint density at radius 3 is 2.75 bits per heavy atom. The molecule has 3 rings (SSSR count). The predicted octanol–water partition coefficient (Wildman–Crippen LogP) is 3.21. The van der Waals surface area contributed by atoms with Crippen LogP contribution >= 0.6 is 0 Å². The Balaban J connectivity index is 1.81. The molecule has 0 unspecified atom stereocenters. The third kappa shape index (κ3) is 3.12. The third-order valence-corrected chi connectivity index (χ3v) is 3.38. The molecule has 0 saturated heterocycles. The molecule has 1 N–H and O–H groups in total. The fourth-order valence-electron chi connectivity index (χ4n) is 2.23. The van der Waals surface area contributed by atoms with Crippen molar-refractivity contribution in [2.75, 3.05) is 5.32 Å². The molecule has 0 saturated carbocycles. The van der Waals surface area contributed by atoms with Gasteiger partial charge in [-0.1, -0.05) is 6.07 Å². The van der Waals surface area contributed by atoms with Crippen LogP contribution in [0.1, 0.15) is 15.9 Å². The van der Waals surface area contributed by atoms with Crippen molar-refractivity contribution in [1.29, 1.82) is 0 Å². The molecule has 0 aliphatic heterocycles. The van der Waals surface area contributed by atoms with Gasteiger partial charge in [-0.25, -0.2) is 0 Å². The molecule has 0 fully saturated rings. The third-order valence-electron chi connectivity index (χ3n) is 3.38. The van der Waals surface area contributed by atoms with Gasteiger partial charge in [-0.05, 0) is 37.3 Å². The first-order chi connectivity index (χ1) is 11.5. The van der Waals surface area contributed by atoms with Crippen LogP contribution in [-0.2, 0) is 0 Å². The number of nitrogens with zero attached hydrogens (tertiary/aromatic N) is 3. The van der Waals surface area contributed by atoms with E-state index in [4.69, 9.17) is 4.42 Å². The second kappa shape index (κ2) is 6.29. The smallest absolute Gasteiger partial charge is 0.272 e. The van der Waals surface area contributed by atoms with Crippen molar-refractivity contribution in [3.05, 3.63) is 70.1 Å². The van der Waals surface area contributed by atoms with Gasteiger partial charge in [0.1, 0.15) is 0 Å². The van der Waals surface area contributed by atoms with E-state index in [0.717, 1.165) is 0 Å². The van der Waals surface area contributed by atoms with Crippen LogP contribution < -0.4 is 5.32 Å². The van der Waals surface area contributed by atoms with E-state index in [9.17, 15) is 14.9 Å². The molecule has 0 atom stereocenters. The van der Waals surface area contributed by atoms with E-state index in [0.29, 0.717) is 28.3 Å². The molecule has 0 aliphatic rings. The summed E-state index contributed by atoms with van der Waals surface area (Å²) in [7, 11) is 0. The van der Waals surface area contributed by atoms with Crippen LogP contribution in [0.15, 0.2) is 53.3 Å². The summed E-state index contributed by atoms with van der Waals surface area (Å²) < 4.78 is 5.12. The molecule has 120 valence electrons. The summed E-state index contributed by atoms with van der Waals surface area (Å²) in [4.78, 5) is 22.7. The number of carbonyl (C=O) groups is 1. The van der Waals surface area contributed by atoms with E-state index in [1.54, 1.807) is 31.2 Å². The maximum Gasteiger partial charge on any atom is 0.272 e. The minimum absolute atomic E-state index is 0.0232. The Labute approximate surface area is 136 Å². The van der Waals surface area contributed by atoms with Crippen LogP contribution in [0.5, 0.6) is 0 Å². The number of aryl methyl sites for hydroxylation is 1. The Bertz CT molecular complexity index is 906. The maximum atomic E-state index is 12.3. The molecular formula is C16H12N4O4. The predicted molar refractivity (Wildman–Crippen MR) is 85.5 cm³/mol. The summed E-state index contributed by atoms with van der Waals surface area (Å²) in [6.07, 6.45) is 1.22. The summed E-state index contributed by atoms with van der Waals surface area (Å²) in [5, 5.41) is 21.0. The molecule has 3 aromatic rings. The molecular weight excluding hydrogens is 312 g/mol. The zero-order valence-corrected chi connectivity index (χ0v) is 12.6. The molecule has 8 nitrogen and oxygen atoms in total. The van der Waals surface area contributed by atoms with Gasteiger partial charge in [-0.2, -0.15) is 0 Å². The second-order valence-electron chi connectivity index (χ2n) is 5.04. The lowest BCUT2D eigenvalue weighted by atomic mass is 10.1. The Kier molecular flexibility index (Phi) is 4.02. The lowest BCUT2D eigenvalue weighted by molar-refractivity contribution is -0.385. The first-order valence-corrected chi connectivity index (χ1v) is 6.97. The SMILES string of the molecule is Cc1cc(C(=O)Nc2cccc(-c3nnco3)c2)ccc1[N+](=O)[O-]. The summed E-state index contributed by atoms with van der Waals surface area (Å²) in [5.41, 5.74) is 1.95. The lowest BCUT2D eigenvalue weighted by Gasteiger charge is -2.07. The van der Waals surface area contributed by atoms with Crippen LogP contribution in [0.3, 0.4) is 0 Å². The van der Waals surface area contributed by atoms with Crippen molar-refractivity contribution in [3.8, 4) is 11.5 Å². The zero-order valence-electron chi connectivity index (χ0n) is 12.6. The van der Waals surface area contributed by atoms with Crippen LogP contribution in [-0.4, -0.2) is 21.0 Å². The highest BCUT2D eigenvalue weighted by atomic mass is 16.6. The van der Waals surface area contributed by atoms with Gasteiger partial charge in [0.15, 0.2) is 0 Å². The normalized spacial score (nSPS) is 10.4. The van der Waals surface area contributed by atoms with Gasteiger partial charge in [-0.3, -0.25) is 14.9 Å². The van der Waals surface area contributed by atoms with Gasteiger partial charge in [0.2, 0.25) is 12.3 Å². The molecule has 1 heterocycles. The van der Waals surface area contributed by atoms with E-state index in [-0.39, 0.29) is 11.6 Å². The number of hydrogen-bond acceptors (Lipinski definition) is 6. The standard InChI is InChI=1S/C16H12N4O4/c1-10-7-11(5-6-14(10)20(22)23)15(21)18-13-4-2-3-12(8-13)16-19-17-9-24-16/h2-9H,1H3,(H,18,21). The number of benzene rings is 2. The topological polar surface area (TPSA) is 111 Å². The molecule has 0 aliphatic carbocycles. The highest BCUT2D eigenvalue weighted by molar-refractivity contribution is 6.04. The molecule has 0 spiro atoms.